The number of ether oxygens (including phenoxy) is 1. The van der Waals surface area contributed by atoms with Crippen LogP contribution >= 0.6 is 11.6 Å². The standard InChI is InChI=1S/C29H34ClN7O2/c1-29(2,3)39-28(38)37(17-19-6-5-7-19)18-23-11-21-9-8-20(10-25(21)35-23)14-33-16-27(36-32-4)24-12-22(30)15-34-26(24)13-31/h8-12,15-16,19,32,35H,5-7,14,17-18H2,1-4H3. The molecule has 1 aliphatic rings. The van der Waals surface area contributed by atoms with Gasteiger partial charge in [-0.25, -0.2) is 9.78 Å². The highest BCUT2D eigenvalue weighted by molar-refractivity contribution is 6.39. The van der Waals surface area contributed by atoms with Gasteiger partial charge in [0.25, 0.3) is 0 Å². The van der Waals surface area contributed by atoms with Crippen LogP contribution in [0.5, 0.6) is 0 Å². The molecule has 2 heterocycles. The number of pyridine rings is 1. The van der Waals surface area contributed by atoms with Crippen molar-refractivity contribution in [1.29, 1.82) is 5.26 Å². The number of halogens is 1. The number of aromatic nitrogens is 2. The zero-order chi connectivity index (χ0) is 28.0. The first-order valence-electron chi connectivity index (χ1n) is 13.0. The number of nitriles is 1. The van der Waals surface area contributed by atoms with Gasteiger partial charge in [-0.05, 0) is 68.7 Å². The molecule has 39 heavy (non-hydrogen) atoms. The lowest BCUT2D eigenvalue weighted by Gasteiger charge is -2.33. The molecule has 0 saturated heterocycles. The van der Waals surface area contributed by atoms with Crippen LogP contribution in [0.4, 0.5) is 4.79 Å². The molecule has 3 aromatic rings. The number of nitrogens with zero attached hydrogens (tertiary/aromatic N) is 5. The molecule has 1 fully saturated rings. The Kier molecular flexibility index (Phi) is 8.87. The van der Waals surface area contributed by atoms with Gasteiger partial charge in [0.2, 0.25) is 0 Å². The third kappa shape index (κ3) is 7.58. The van der Waals surface area contributed by atoms with E-state index in [1.54, 1.807) is 19.3 Å². The molecule has 4 rings (SSSR count). The van der Waals surface area contributed by atoms with Crippen LogP contribution in [0.25, 0.3) is 10.9 Å². The van der Waals surface area contributed by atoms with Crippen molar-refractivity contribution in [1.82, 2.24) is 20.3 Å². The minimum absolute atomic E-state index is 0.220. The van der Waals surface area contributed by atoms with E-state index in [0.717, 1.165) is 35.0 Å². The third-order valence-electron chi connectivity index (χ3n) is 6.41. The number of hydrazone groups is 1. The van der Waals surface area contributed by atoms with E-state index in [0.29, 0.717) is 41.8 Å². The summed E-state index contributed by atoms with van der Waals surface area (Å²) in [6, 6.07) is 11.9. The number of benzene rings is 1. The maximum atomic E-state index is 12.9. The lowest BCUT2D eigenvalue weighted by atomic mass is 9.85. The molecule has 0 unspecified atom stereocenters. The maximum absolute atomic E-state index is 12.9. The Labute approximate surface area is 233 Å². The molecular weight excluding hydrogens is 514 g/mol. The summed E-state index contributed by atoms with van der Waals surface area (Å²) in [5.41, 5.74) is 6.31. The highest BCUT2D eigenvalue weighted by atomic mass is 35.5. The largest absolute Gasteiger partial charge is 0.444 e. The lowest BCUT2D eigenvalue weighted by molar-refractivity contribution is 0.0171. The summed E-state index contributed by atoms with van der Waals surface area (Å²) in [7, 11) is 1.67. The number of nitrogens with one attached hydrogen (secondary N) is 2. The van der Waals surface area contributed by atoms with Crippen LogP contribution in [0, 0.1) is 17.2 Å². The van der Waals surface area contributed by atoms with E-state index in [9.17, 15) is 10.1 Å². The second-order valence-corrected chi connectivity index (χ2v) is 11.2. The van der Waals surface area contributed by atoms with E-state index >= 15 is 0 Å². The molecule has 0 atom stereocenters. The molecule has 1 amide bonds. The minimum atomic E-state index is -0.540. The van der Waals surface area contributed by atoms with Crippen molar-refractivity contribution in [3.8, 4) is 6.07 Å². The number of H-pyrrole nitrogens is 1. The Balaban J connectivity index is 1.48. The Bertz CT molecular complexity index is 1430. The molecule has 9 nitrogen and oxygen atoms in total. The molecule has 1 aromatic carbocycles. The summed E-state index contributed by atoms with van der Waals surface area (Å²) in [6.45, 7) is 7.25. The number of fused-ring (bicyclic) bond motifs is 1. The first-order valence-corrected chi connectivity index (χ1v) is 13.4. The van der Waals surface area contributed by atoms with Crippen LogP contribution in [0.15, 0.2) is 46.6 Å². The molecule has 0 aliphatic heterocycles. The number of amides is 1. The monoisotopic (exact) mass is 547 g/mol. The number of carbonyl (C=O) groups is 1. The van der Waals surface area contributed by atoms with E-state index in [-0.39, 0.29) is 11.8 Å². The van der Waals surface area contributed by atoms with Crippen molar-refractivity contribution in [3.63, 3.8) is 0 Å². The van der Waals surface area contributed by atoms with Gasteiger partial charge in [-0.15, -0.1) is 0 Å². The second kappa shape index (κ2) is 12.3. The number of aromatic amines is 1. The fourth-order valence-electron chi connectivity index (χ4n) is 4.38. The molecule has 2 aromatic heterocycles. The zero-order valence-corrected chi connectivity index (χ0v) is 23.5. The number of hydrogen-bond acceptors (Lipinski definition) is 7. The highest BCUT2D eigenvalue weighted by Crippen LogP contribution is 2.29. The van der Waals surface area contributed by atoms with E-state index in [1.807, 2.05) is 37.8 Å². The fourth-order valence-corrected chi connectivity index (χ4v) is 4.54. The van der Waals surface area contributed by atoms with Crippen LogP contribution in [0.3, 0.4) is 0 Å². The van der Waals surface area contributed by atoms with Gasteiger partial charge in [0.05, 0.1) is 18.1 Å². The Morgan fingerprint density at radius 3 is 2.79 bits per heavy atom. The number of carbonyl (C=O) groups excluding carboxylic acids is 1. The summed E-state index contributed by atoms with van der Waals surface area (Å²) in [5.74, 6) is 0.537. The Hall–Kier alpha value is -3.90. The highest BCUT2D eigenvalue weighted by Gasteiger charge is 2.27. The van der Waals surface area contributed by atoms with Gasteiger partial charge in [0.15, 0.2) is 0 Å². The van der Waals surface area contributed by atoms with Gasteiger partial charge in [0.1, 0.15) is 23.1 Å². The summed E-state index contributed by atoms with van der Waals surface area (Å²) in [5, 5.41) is 15.1. The van der Waals surface area contributed by atoms with Gasteiger partial charge in [-0.3, -0.25) is 4.99 Å². The zero-order valence-electron chi connectivity index (χ0n) is 22.8. The quantitative estimate of drug-likeness (QED) is 0.258. The number of rotatable bonds is 9. The molecule has 1 aliphatic carbocycles. The van der Waals surface area contributed by atoms with E-state index in [1.165, 1.54) is 12.6 Å². The van der Waals surface area contributed by atoms with Gasteiger partial charge < -0.3 is 20.0 Å². The van der Waals surface area contributed by atoms with Crippen LogP contribution in [0.2, 0.25) is 5.02 Å². The van der Waals surface area contributed by atoms with Crippen LogP contribution in [0.1, 0.15) is 62.5 Å². The smallest absolute Gasteiger partial charge is 0.410 e. The van der Waals surface area contributed by atoms with Gasteiger partial charge in [0, 0.05) is 42.8 Å². The summed E-state index contributed by atoms with van der Waals surface area (Å²) < 4.78 is 5.68. The van der Waals surface area contributed by atoms with Gasteiger partial charge in [-0.2, -0.15) is 10.4 Å². The van der Waals surface area contributed by atoms with Crippen molar-refractivity contribution in [3.05, 3.63) is 64.1 Å². The SMILES string of the molecule is CNN=C(C=NCc1ccc2cc(CN(CC3CCC3)C(=O)OC(C)(C)C)[nH]c2c1)c1cc(Cl)cnc1C#N. The first kappa shape index (κ1) is 28.1. The lowest BCUT2D eigenvalue weighted by Crippen LogP contribution is -2.40. The van der Waals surface area contributed by atoms with Gasteiger partial charge >= 0.3 is 6.09 Å². The molecule has 1 saturated carbocycles. The normalized spacial score (nSPS) is 14.3. The molecule has 0 bridgehead atoms. The van der Waals surface area contributed by atoms with Crippen molar-refractivity contribution < 1.29 is 9.53 Å². The maximum Gasteiger partial charge on any atom is 0.410 e. The summed E-state index contributed by atoms with van der Waals surface area (Å²) in [4.78, 5) is 26.8. The van der Waals surface area contributed by atoms with Crippen LogP contribution < -0.4 is 5.43 Å². The van der Waals surface area contributed by atoms with Gasteiger partial charge in [-0.1, -0.05) is 30.2 Å². The second-order valence-electron chi connectivity index (χ2n) is 10.7. The third-order valence-corrected chi connectivity index (χ3v) is 6.62. The predicted molar refractivity (Wildman–Crippen MR) is 154 cm³/mol. The van der Waals surface area contributed by atoms with Crippen molar-refractivity contribution in [2.24, 2.45) is 16.0 Å². The Morgan fingerprint density at radius 1 is 1.33 bits per heavy atom. The summed E-state index contributed by atoms with van der Waals surface area (Å²) >= 11 is 6.09. The molecule has 0 spiro atoms. The molecule has 0 radical (unpaired) electrons. The predicted octanol–water partition coefficient (Wildman–Crippen LogP) is 5.82. The average Bonchev–Trinajstić information content (AvgIpc) is 3.25. The van der Waals surface area contributed by atoms with E-state index in [4.69, 9.17) is 16.3 Å². The average molecular weight is 548 g/mol. The van der Waals surface area contributed by atoms with E-state index < -0.39 is 5.60 Å². The number of hydrogen-bond donors (Lipinski definition) is 2. The van der Waals surface area contributed by atoms with Crippen LogP contribution in [-0.4, -0.2) is 52.1 Å². The molecule has 204 valence electrons. The number of aliphatic imine (C=N–C) groups is 1. The van der Waals surface area contributed by atoms with Crippen molar-refractivity contribution in [2.45, 2.75) is 58.7 Å². The molecular formula is C29H34ClN7O2. The van der Waals surface area contributed by atoms with Crippen LogP contribution in [-0.2, 0) is 17.8 Å². The van der Waals surface area contributed by atoms with Crippen molar-refractivity contribution >= 4 is 40.5 Å². The van der Waals surface area contributed by atoms with Crippen molar-refractivity contribution in [2.75, 3.05) is 13.6 Å². The van der Waals surface area contributed by atoms with E-state index in [2.05, 4.69) is 43.7 Å². The molecule has 2 N–H and O–H groups in total. The fraction of sp³-hybridized carbons (Fsp3) is 0.414. The summed E-state index contributed by atoms with van der Waals surface area (Å²) in [6.07, 6.45) is 6.29. The molecule has 10 heteroatoms. The minimum Gasteiger partial charge on any atom is -0.444 e. The first-order chi connectivity index (χ1) is 18.6. The topological polar surface area (TPSA) is 119 Å². The Morgan fingerprint density at radius 2 is 2.13 bits per heavy atom.